The third-order valence-electron chi connectivity index (χ3n) is 0.993. The van der Waals surface area contributed by atoms with Crippen LogP contribution >= 0.6 is 0 Å². The molecule has 0 aliphatic heterocycles. The van der Waals surface area contributed by atoms with Gasteiger partial charge in [0.05, 0.1) is 0 Å². The summed E-state index contributed by atoms with van der Waals surface area (Å²) in [4.78, 5) is 14.5. The van der Waals surface area contributed by atoms with Crippen molar-refractivity contribution in [3.05, 3.63) is 12.0 Å². The van der Waals surface area contributed by atoms with Gasteiger partial charge in [-0.05, 0) is 0 Å². The minimum atomic E-state index is -0.382. The molecular formula is C5H8N4O2. The molecule has 0 unspecified atom stereocenters. The second-order valence-corrected chi connectivity index (χ2v) is 1.78. The largest absolute Gasteiger partial charge is 0.431 e. The van der Waals surface area contributed by atoms with Crippen molar-refractivity contribution < 1.29 is 9.21 Å². The van der Waals surface area contributed by atoms with Crippen molar-refractivity contribution in [3.8, 4) is 0 Å². The molecular weight excluding hydrogens is 148 g/mol. The molecule has 6 heteroatoms. The van der Waals surface area contributed by atoms with E-state index in [0.29, 0.717) is 0 Å². The van der Waals surface area contributed by atoms with E-state index < -0.39 is 0 Å². The average molecular weight is 156 g/mol. The second-order valence-electron chi connectivity index (χ2n) is 1.78. The van der Waals surface area contributed by atoms with Crippen molar-refractivity contribution in [2.75, 3.05) is 12.8 Å². The van der Waals surface area contributed by atoms with Gasteiger partial charge in [-0.1, -0.05) is 0 Å². The van der Waals surface area contributed by atoms with Crippen LogP contribution in [0.15, 0.2) is 10.7 Å². The quantitative estimate of drug-likeness (QED) is 0.483. The number of oxazole rings is 1. The first-order valence-corrected chi connectivity index (χ1v) is 2.92. The summed E-state index contributed by atoms with van der Waals surface area (Å²) in [6.07, 6.45) is 1.18. The first-order valence-electron chi connectivity index (χ1n) is 2.92. The summed E-state index contributed by atoms with van der Waals surface area (Å²) in [7, 11) is 1.57. The highest BCUT2D eigenvalue weighted by molar-refractivity contribution is 5.91. The van der Waals surface area contributed by atoms with E-state index in [0.717, 1.165) is 0 Å². The minimum absolute atomic E-state index is 0.0220. The van der Waals surface area contributed by atoms with E-state index in [2.05, 4.69) is 20.3 Å². The predicted octanol–water partition coefficient (Wildman–Crippen LogP) is -0.879. The Balaban J connectivity index is 2.69. The molecule has 0 fully saturated rings. The number of rotatable bonds is 2. The number of carbonyl (C=O) groups excluding carboxylic acids is 1. The van der Waals surface area contributed by atoms with Crippen LogP contribution in [0.3, 0.4) is 0 Å². The van der Waals surface area contributed by atoms with Gasteiger partial charge in [0.1, 0.15) is 6.26 Å². The molecule has 60 valence electrons. The van der Waals surface area contributed by atoms with Gasteiger partial charge < -0.3 is 10.2 Å². The van der Waals surface area contributed by atoms with Gasteiger partial charge in [-0.3, -0.25) is 10.2 Å². The highest BCUT2D eigenvalue weighted by Crippen LogP contribution is 2.01. The molecule has 0 radical (unpaired) electrons. The van der Waals surface area contributed by atoms with E-state index >= 15 is 0 Å². The maximum Gasteiger partial charge on any atom is 0.292 e. The molecule has 0 atom stereocenters. The summed E-state index contributed by atoms with van der Waals surface area (Å²) in [5, 5.41) is 0. The summed E-state index contributed by atoms with van der Waals surface area (Å²) in [5.41, 5.74) is 10.0. The number of aromatic nitrogens is 1. The van der Waals surface area contributed by atoms with Gasteiger partial charge in [0.25, 0.3) is 11.9 Å². The number of hydrogen-bond acceptors (Lipinski definition) is 5. The Labute approximate surface area is 62.7 Å². The summed E-state index contributed by atoms with van der Waals surface area (Å²) in [6.45, 7) is 0. The average Bonchev–Trinajstić information content (AvgIpc) is 2.36. The fourth-order valence-corrected chi connectivity index (χ4v) is 0.569. The van der Waals surface area contributed by atoms with Crippen molar-refractivity contribution in [1.29, 1.82) is 0 Å². The zero-order chi connectivity index (χ0) is 8.27. The minimum Gasteiger partial charge on any atom is -0.431 e. The smallest absolute Gasteiger partial charge is 0.292 e. The first kappa shape index (κ1) is 7.55. The lowest BCUT2D eigenvalue weighted by molar-refractivity contribution is 0.0933. The van der Waals surface area contributed by atoms with Crippen LogP contribution in [-0.2, 0) is 0 Å². The Bertz CT molecular complexity index is 257. The van der Waals surface area contributed by atoms with E-state index in [-0.39, 0.29) is 17.6 Å². The maximum atomic E-state index is 10.9. The van der Waals surface area contributed by atoms with Crippen molar-refractivity contribution in [3.63, 3.8) is 0 Å². The Hall–Kier alpha value is -1.56. The number of anilines is 1. The summed E-state index contributed by atoms with van der Waals surface area (Å²) in [5.74, 6) is -0.382. The van der Waals surface area contributed by atoms with Gasteiger partial charge in [0, 0.05) is 7.05 Å². The number of nitrogens with one attached hydrogen (secondary N) is 2. The third-order valence-corrected chi connectivity index (χ3v) is 0.993. The third kappa shape index (κ3) is 1.68. The van der Waals surface area contributed by atoms with Gasteiger partial charge in [0.2, 0.25) is 0 Å². The first-order chi connectivity index (χ1) is 5.24. The number of hydrogen-bond donors (Lipinski definition) is 3. The molecule has 0 spiro atoms. The number of nitrogen functional groups attached to an aromatic ring is 1. The van der Waals surface area contributed by atoms with Gasteiger partial charge in [-0.2, -0.15) is 4.98 Å². The highest BCUT2D eigenvalue weighted by Gasteiger charge is 2.08. The van der Waals surface area contributed by atoms with Crippen LogP contribution in [0.2, 0.25) is 0 Å². The molecule has 0 bridgehead atoms. The second kappa shape index (κ2) is 3.02. The molecule has 1 heterocycles. The van der Waals surface area contributed by atoms with E-state index in [9.17, 15) is 4.79 Å². The van der Waals surface area contributed by atoms with Crippen molar-refractivity contribution >= 4 is 11.9 Å². The molecule has 11 heavy (non-hydrogen) atoms. The maximum absolute atomic E-state index is 10.9. The molecule has 1 amide bonds. The van der Waals surface area contributed by atoms with Crippen LogP contribution in [-0.4, -0.2) is 17.9 Å². The van der Waals surface area contributed by atoms with E-state index in [1.54, 1.807) is 7.05 Å². The molecule has 1 aromatic rings. The normalized spacial score (nSPS) is 9.55. The molecule has 0 saturated carbocycles. The lowest BCUT2D eigenvalue weighted by atomic mass is 10.5. The lowest BCUT2D eigenvalue weighted by Gasteiger charge is -1.96. The molecule has 1 rings (SSSR count). The molecule has 1 aromatic heterocycles. The fraction of sp³-hybridized carbons (Fsp3) is 0.200. The lowest BCUT2D eigenvalue weighted by Crippen LogP contribution is -2.34. The number of carbonyl (C=O) groups is 1. The Kier molecular flexibility index (Phi) is 2.07. The van der Waals surface area contributed by atoms with Gasteiger partial charge in [-0.15, -0.1) is 0 Å². The standard InChI is InChI=1S/C5H8N4O2/c1-7-9-4(10)3-2-11-5(6)8-3/h2,7H,1H3,(H2,6,8)(H,9,10). The van der Waals surface area contributed by atoms with E-state index in [4.69, 9.17) is 5.73 Å². The zero-order valence-corrected chi connectivity index (χ0v) is 5.92. The molecule has 0 aliphatic rings. The van der Waals surface area contributed by atoms with Gasteiger partial charge >= 0.3 is 0 Å². The van der Waals surface area contributed by atoms with Crippen molar-refractivity contribution in [2.24, 2.45) is 0 Å². The van der Waals surface area contributed by atoms with Gasteiger partial charge in [0.15, 0.2) is 5.69 Å². The monoisotopic (exact) mass is 156 g/mol. The predicted molar refractivity (Wildman–Crippen MR) is 37.4 cm³/mol. The zero-order valence-electron chi connectivity index (χ0n) is 5.92. The van der Waals surface area contributed by atoms with Crippen LogP contribution in [0.25, 0.3) is 0 Å². The van der Waals surface area contributed by atoms with Crippen LogP contribution in [0.1, 0.15) is 10.5 Å². The van der Waals surface area contributed by atoms with Crippen molar-refractivity contribution in [2.45, 2.75) is 0 Å². The fourth-order valence-electron chi connectivity index (χ4n) is 0.569. The Morgan fingerprint density at radius 2 is 2.55 bits per heavy atom. The van der Waals surface area contributed by atoms with Crippen LogP contribution < -0.4 is 16.6 Å². The summed E-state index contributed by atoms with van der Waals surface area (Å²) in [6, 6.07) is -0.0220. The van der Waals surface area contributed by atoms with Crippen LogP contribution in [0, 0.1) is 0 Å². The van der Waals surface area contributed by atoms with Crippen LogP contribution in [0.4, 0.5) is 6.01 Å². The molecule has 4 N–H and O–H groups in total. The molecule has 0 saturated heterocycles. The van der Waals surface area contributed by atoms with Gasteiger partial charge in [-0.25, -0.2) is 5.43 Å². The summed E-state index contributed by atoms with van der Waals surface area (Å²) < 4.78 is 4.61. The van der Waals surface area contributed by atoms with Crippen LogP contribution in [0.5, 0.6) is 0 Å². The Morgan fingerprint density at radius 3 is 3.00 bits per heavy atom. The number of amides is 1. The number of hydrazine groups is 1. The molecule has 0 aromatic carbocycles. The number of nitrogens with zero attached hydrogens (tertiary/aromatic N) is 1. The molecule has 0 aliphatic carbocycles. The van der Waals surface area contributed by atoms with Crippen molar-refractivity contribution in [1.82, 2.24) is 15.8 Å². The van der Waals surface area contributed by atoms with E-state index in [1.807, 2.05) is 0 Å². The SMILES string of the molecule is CNNC(=O)c1coc(N)n1. The number of nitrogens with two attached hydrogens (primary N) is 1. The topological polar surface area (TPSA) is 93.2 Å². The summed E-state index contributed by atoms with van der Waals surface area (Å²) >= 11 is 0. The Morgan fingerprint density at radius 1 is 1.82 bits per heavy atom. The van der Waals surface area contributed by atoms with E-state index in [1.165, 1.54) is 6.26 Å². The highest BCUT2D eigenvalue weighted by atomic mass is 16.4. The molecule has 6 nitrogen and oxygen atoms in total.